The molecule has 4 heterocycles. The molecule has 0 radical (unpaired) electrons. The Balaban J connectivity index is 1.60. The van der Waals surface area contributed by atoms with E-state index in [-0.39, 0.29) is 17.6 Å². The molecule has 1 aromatic heterocycles. The number of carbonyl (C=O) groups excluding carboxylic acids is 1. The monoisotopic (exact) mass is 415 g/mol. The van der Waals surface area contributed by atoms with Crippen LogP contribution >= 0.6 is 0 Å². The van der Waals surface area contributed by atoms with E-state index in [1.807, 2.05) is 34.9 Å². The zero-order valence-electron chi connectivity index (χ0n) is 16.8. The fraction of sp³-hybridized carbons (Fsp3) is 0.217. The Morgan fingerprint density at radius 1 is 1.16 bits per heavy atom. The number of aromatic nitrogens is 4. The van der Waals surface area contributed by atoms with Crippen LogP contribution in [0.5, 0.6) is 0 Å². The van der Waals surface area contributed by atoms with Crippen LogP contribution in [0.15, 0.2) is 72.0 Å². The number of nitrogens with zero attached hydrogens (tertiary/aromatic N) is 4. The van der Waals surface area contributed by atoms with Crippen LogP contribution < -0.4 is 10.9 Å². The zero-order valence-corrected chi connectivity index (χ0v) is 16.8. The van der Waals surface area contributed by atoms with E-state index in [1.165, 1.54) is 4.68 Å². The summed E-state index contributed by atoms with van der Waals surface area (Å²) in [6.07, 6.45) is 8.73. The zero-order chi connectivity index (χ0) is 21.2. The van der Waals surface area contributed by atoms with Crippen molar-refractivity contribution in [3.63, 3.8) is 0 Å². The first kappa shape index (κ1) is 19.2. The van der Waals surface area contributed by atoms with E-state index in [0.717, 1.165) is 19.4 Å². The maximum Gasteiger partial charge on any atom is 0.282 e. The number of amides is 1. The first-order chi connectivity index (χ1) is 15.2. The maximum atomic E-state index is 13.2. The molecule has 1 amide bonds. The Morgan fingerprint density at radius 2 is 2.03 bits per heavy atom. The number of rotatable bonds is 5. The van der Waals surface area contributed by atoms with Crippen LogP contribution in [0.25, 0.3) is 16.9 Å². The van der Waals surface area contributed by atoms with Crippen molar-refractivity contribution in [3.8, 4) is 16.9 Å². The highest BCUT2D eigenvalue weighted by molar-refractivity contribution is 6.08. The lowest BCUT2D eigenvalue weighted by Gasteiger charge is -2.16. The average molecular weight is 415 g/mol. The van der Waals surface area contributed by atoms with Gasteiger partial charge in [0.2, 0.25) is 0 Å². The van der Waals surface area contributed by atoms with Crippen molar-refractivity contribution in [1.29, 1.82) is 0 Å². The number of para-hydroxylation sites is 1. The molecule has 3 aliphatic rings. The van der Waals surface area contributed by atoms with E-state index >= 15 is 0 Å². The van der Waals surface area contributed by atoms with E-state index in [4.69, 9.17) is 4.74 Å². The second-order valence-electron chi connectivity index (χ2n) is 7.51. The molecule has 3 aliphatic heterocycles. The Labute approximate surface area is 178 Å². The Morgan fingerprint density at radius 3 is 2.77 bits per heavy atom. The third-order valence-corrected chi connectivity index (χ3v) is 5.33. The third-order valence-electron chi connectivity index (χ3n) is 5.33. The lowest BCUT2D eigenvalue weighted by atomic mass is 10.1. The number of benzene rings is 1. The number of carbonyl (C=O) groups is 1. The van der Waals surface area contributed by atoms with Crippen molar-refractivity contribution in [2.75, 3.05) is 11.9 Å². The van der Waals surface area contributed by atoms with Gasteiger partial charge in [0.25, 0.3) is 11.5 Å². The van der Waals surface area contributed by atoms with Crippen molar-refractivity contribution < 1.29 is 9.53 Å². The first-order valence-corrected chi connectivity index (χ1v) is 10.2. The molecule has 0 saturated carbocycles. The number of nitrogens with one attached hydrogen (secondary N) is 1. The number of fused-ring (bicyclic) bond motifs is 1. The van der Waals surface area contributed by atoms with Gasteiger partial charge in [0.05, 0.1) is 34.8 Å². The van der Waals surface area contributed by atoms with E-state index in [1.54, 1.807) is 36.9 Å². The van der Waals surface area contributed by atoms with E-state index in [9.17, 15) is 9.59 Å². The van der Waals surface area contributed by atoms with Crippen LogP contribution in [0.4, 0.5) is 5.69 Å². The van der Waals surface area contributed by atoms with Crippen LogP contribution in [0.3, 0.4) is 0 Å². The van der Waals surface area contributed by atoms with Gasteiger partial charge < -0.3 is 14.6 Å². The molecular formula is C23H21N5O3. The first-order valence-electron chi connectivity index (χ1n) is 10.2. The normalized spacial score (nSPS) is 15.9. The summed E-state index contributed by atoms with van der Waals surface area (Å²) in [4.78, 5) is 30.3. The van der Waals surface area contributed by atoms with Gasteiger partial charge in [0.1, 0.15) is 5.69 Å². The minimum absolute atomic E-state index is 0.0657. The predicted octanol–water partition coefficient (Wildman–Crippen LogP) is 2.97. The molecule has 8 heteroatoms. The summed E-state index contributed by atoms with van der Waals surface area (Å²) < 4.78 is 8.93. The van der Waals surface area contributed by atoms with Gasteiger partial charge in [-0.2, -0.15) is 9.78 Å². The van der Waals surface area contributed by atoms with Gasteiger partial charge in [0, 0.05) is 31.7 Å². The second kappa shape index (κ2) is 8.16. The van der Waals surface area contributed by atoms with Crippen LogP contribution in [-0.2, 0) is 11.3 Å². The molecule has 2 aromatic rings. The molecule has 156 valence electrons. The summed E-state index contributed by atoms with van der Waals surface area (Å²) in [6, 6.07) is 12.7. The fourth-order valence-electron chi connectivity index (χ4n) is 3.83. The summed E-state index contributed by atoms with van der Waals surface area (Å²) in [5, 5.41) is 7.34. The highest BCUT2D eigenvalue weighted by atomic mass is 16.5. The van der Waals surface area contributed by atoms with Gasteiger partial charge >= 0.3 is 0 Å². The van der Waals surface area contributed by atoms with E-state index in [0.29, 0.717) is 34.7 Å². The summed E-state index contributed by atoms with van der Waals surface area (Å²) >= 11 is 0. The smallest absolute Gasteiger partial charge is 0.282 e. The van der Waals surface area contributed by atoms with Gasteiger partial charge in [-0.05, 0) is 37.1 Å². The fourth-order valence-corrected chi connectivity index (χ4v) is 3.83. The van der Waals surface area contributed by atoms with E-state index in [2.05, 4.69) is 15.4 Å². The standard InChI is InChI=1S/C23H21N5O3/c29-22(25-16-6-4-10-24-12-16)19-14-27(13-18-9-5-11-31-18)15-20-21(19)26-28(23(20)30)17-7-2-1-3-8-17/h1-4,6-8,10,12,14-15,18H,5,9,11,13H2,(H,25,29)/t18-/m1/s1. The van der Waals surface area contributed by atoms with Crippen molar-refractivity contribution in [3.05, 3.63) is 83.2 Å². The number of ether oxygens (including phenoxy) is 1. The average Bonchev–Trinajstić information content (AvgIpc) is 3.43. The number of anilines is 1. The van der Waals surface area contributed by atoms with Gasteiger partial charge in [-0.1, -0.05) is 18.2 Å². The Hall–Kier alpha value is -3.78. The van der Waals surface area contributed by atoms with Crippen molar-refractivity contribution in [2.24, 2.45) is 0 Å². The van der Waals surface area contributed by atoms with Crippen LogP contribution in [0, 0.1) is 0 Å². The molecule has 1 fully saturated rings. The quantitative estimate of drug-likeness (QED) is 0.541. The molecule has 1 atom stereocenters. The van der Waals surface area contributed by atoms with E-state index < -0.39 is 0 Å². The number of hydrogen-bond donors (Lipinski definition) is 1. The molecule has 0 unspecified atom stereocenters. The lowest BCUT2D eigenvalue weighted by molar-refractivity contribution is 0.0961. The topological polar surface area (TPSA) is 91.0 Å². The molecule has 8 nitrogen and oxygen atoms in total. The van der Waals surface area contributed by atoms with Crippen LogP contribution in [0.2, 0.25) is 0 Å². The summed E-state index contributed by atoms with van der Waals surface area (Å²) in [5.74, 6) is -0.350. The van der Waals surface area contributed by atoms with Crippen LogP contribution in [-0.4, -0.2) is 37.9 Å². The highest BCUT2D eigenvalue weighted by Gasteiger charge is 2.26. The minimum atomic E-state index is -0.350. The van der Waals surface area contributed by atoms with Gasteiger partial charge in [-0.3, -0.25) is 14.6 Å². The molecule has 1 aromatic carbocycles. The van der Waals surface area contributed by atoms with Crippen molar-refractivity contribution in [2.45, 2.75) is 25.5 Å². The maximum absolute atomic E-state index is 13.2. The molecule has 0 bridgehead atoms. The predicted molar refractivity (Wildman–Crippen MR) is 116 cm³/mol. The van der Waals surface area contributed by atoms with Crippen molar-refractivity contribution in [1.82, 2.24) is 19.3 Å². The third kappa shape index (κ3) is 3.85. The number of hydrogen-bond acceptors (Lipinski definition) is 5. The second-order valence-corrected chi connectivity index (χ2v) is 7.51. The molecule has 0 aliphatic carbocycles. The SMILES string of the molecule is O=C(Nc1cccnc1)c1cn(C[C@H]2CCCO2)cc2c(=O)n(-c3ccccc3)nc1-2. The minimum Gasteiger partial charge on any atom is -0.376 e. The molecule has 5 rings (SSSR count). The molecule has 1 saturated heterocycles. The summed E-state index contributed by atoms with van der Waals surface area (Å²) in [7, 11) is 0. The van der Waals surface area contributed by atoms with Crippen LogP contribution in [0.1, 0.15) is 23.2 Å². The molecule has 1 N–H and O–H groups in total. The highest BCUT2D eigenvalue weighted by Crippen LogP contribution is 2.24. The lowest BCUT2D eigenvalue weighted by Crippen LogP contribution is -2.20. The summed E-state index contributed by atoms with van der Waals surface area (Å²) in [5.41, 5.74) is 2.02. The Kier molecular flexibility index (Phi) is 5.05. The Bertz CT molecular complexity index is 1230. The molecule has 31 heavy (non-hydrogen) atoms. The van der Waals surface area contributed by atoms with Gasteiger partial charge in [-0.25, -0.2) is 0 Å². The molecule has 0 spiro atoms. The van der Waals surface area contributed by atoms with Gasteiger partial charge in [0.15, 0.2) is 0 Å². The molecular weight excluding hydrogens is 394 g/mol. The van der Waals surface area contributed by atoms with Crippen molar-refractivity contribution >= 4 is 11.6 Å². The summed E-state index contributed by atoms with van der Waals surface area (Å²) in [6.45, 7) is 1.31. The van der Waals surface area contributed by atoms with Gasteiger partial charge in [-0.15, -0.1) is 0 Å². The largest absolute Gasteiger partial charge is 0.376 e. The number of pyridine rings is 2.